The van der Waals surface area contributed by atoms with Crippen LogP contribution in [0.25, 0.3) is 0 Å². The van der Waals surface area contributed by atoms with E-state index in [0.717, 1.165) is 17.5 Å². The molecule has 0 aliphatic rings. The van der Waals surface area contributed by atoms with Crippen LogP contribution in [0.5, 0.6) is 0 Å². The van der Waals surface area contributed by atoms with E-state index in [2.05, 4.69) is 5.43 Å². The molecule has 0 aromatic heterocycles. The van der Waals surface area contributed by atoms with Gasteiger partial charge in [-0.25, -0.2) is 9.82 Å². The second kappa shape index (κ2) is 5.78. The molecule has 3 N–H and O–H groups in total. The quantitative estimate of drug-likeness (QED) is 0.627. The van der Waals surface area contributed by atoms with Crippen molar-refractivity contribution in [3.63, 3.8) is 0 Å². The fraction of sp³-hybridized carbons (Fsp3) is 0.571. The molecule has 0 amide bonds. The number of hydrazine groups is 1. The minimum atomic E-state index is -0.546. The number of hydrogen-bond donors (Lipinski definition) is 2. The largest absolute Gasteiger partial charge is 0.376 e. The predicted molar refractivity (Wildman–Crippen MR) is 71.6 cm³/mol. The molecule has 1 aromatic rings. The first-order valence-corrected chi connectivity index (χ1v) is 6.17. The molecule has 18 heavy (non-hydrogen) atoms. The van der Waals surface area contributed by atoms with Gasteiger partial charge in [0.1, 0.15) is 5.82 Å². The molecule has 0 bridgehead atoms. The van der Waals surface area contributed by atoms with E-state index in [1.165, 1.54) is 6.07 Å². The molecule has 0 aliphatic carbocycles. The highest BCUT2D eigenvalue weighted by Crippen LogP contribution is 2.34. The smallest absolute Gasteiger partial charge is 0.128 e. The van der Waals surface area contributed by atoms with Crippen LogP contribution in [0, 0.1) is 19.7 Å². The number of ether oxygens (including phenoxy) is 1. The van der Waals surface area contributed by atoms with E-state index in [-0.39, 0.29) is 11.9 Å². The Morgan fingerprint density at radius 3 is 2.44 bits per heavy atom. The van der Waals surface area contributed by atoms with Gasteiger partial charge in [0, 0.05) is 12.7 Å². The average Bonchev–Trinajstić information content (AvgIpc) is 2.32. The highest BCUT2D eigenvalue weighted by molar-refractivity contribution is 5.35. The third kappa shape index (κ3) is 2.71. The van der Waals surface area contributed by atoms with E-state index in [0.29, 0.717) is 5.56 Å². The van der Waals surface area contributed by atoms with Crippen LogP contribution in [0.2, 0.25) is 0 Å². The second-order valence-corrected chi connectivity index (χ2v) is 4.95. The highest BCUT2D eigenvalue weighted by Gasteiger charge is 2.35. The molecule has 0 spiro atoms. The third-order valence-corrected chi connectivity index (χ3v) is 3.72. The van der Waals surface area contributed by atoms with Crippen molar-refractivity contribution < 1.29 is 9.13 Å². The van der Waals surface area contributed by atoms with E-state index in [1.807, 2.05) is 33.8 Å². The number of hydrogen-bond acceptors (Lipinski definition) is 3. The minimum Gasteiger partial charge on any atom is -0.376 e. The fourth-order valence-corrected chi connectivity index (χ4v) is 2.32. The SMILES string of the molecule is CCC(C)(OC)C(NN)c1c(C)cc(C)cc1F. The first-order chi connectivity index (χ1) is 8.39. The van der Waals surface area contributed by atoms with Gasteiger partial charge in [0.2, 0.25) is 0 Å². The van der Waals surface area contributed by atoms with Crippen LogP contribution < -0.4 is 11.3 Å². The zero-order valence-corrected chi connectivity index (χ0v) is 11.8. The van der Waals surface area contributed by atoms with Gasteiger partial charge < -0.3 is 4.74 Å². The Bertz CT molecular complexity index is 393. The summed E-state index contributed by atoms with van der Waals surface area (Å²) in [5.41, 5.74) is 4.51. The van der Waals surface area contributed by atoms with Gasteiger partial charge >= 0.3 is 0 Å². The predicted octanol–water partition coefficient (Wildman–Crippen LogP) is 2.76. The topological polar surface area (TPSA) is 47.3 Å². The van der Waals surface area contributed by atoms with Gasteiger partial charge in [-0.05, 0) is 44.4 Å². The number of nitrogens with two attached hydrogens (primary N) is 1. The first kappa shape index (κ1) is 15.1. The Hall–Kier alpha value is -0.970. The lowest BCUT2D eigenvalue weighted by Crippen LogP contribution is -2.46. The minimum absolute atomic E-state index is 0.243. The number of rotatable bonds is 5. The number of halogens is 1. The zero-order chi connectivity index (χ0) is 13.9. The number of aryl methyl sites for hydroxylation is 2. The van der Waals surface area contributed by atoms with E-state index in [9.17, 15) is 4.39 Å². The van der Waals surface area contributed by atoms with Crippen molar-refractivity contribution in [2.45, 2.75) is 45.8 Å². The van der Waals surface area contributed by atoms with Gasteiger partial charge in [0.05, 0.1) is 11.6 Å². The van der Waals surface area contributed by atoms with Gasteiger partial charge in [0.25, 0.3) is 0 Å². The van der Waals surface area contributed by atoms with Crippen molar-refractivity contribution in [2.75, 3.05) is 7.11 Å². The Labute approximate surface area is 108 Å². The molecule has 0 radical (unpaired) electrons. The summed E-state index contributed by atoms with van der Waals surface area (Å²) < 4.78 is 19.7. The van der Waals surface area contributed by atoms with E-state index in [4.69, 9.17) is 10.6 Å². The lowest BCUT2D eigenvalue weighted by Gasteiger charge is -2.36. The van der Waals surface area contributed by atoms with Crippen molar-refractivity contribution in [1.29, 1.82) is 0 Å². The van der Waals surface area contributed by atoms with Crippen molar-refractivity contribution >= 4 is 0 Å². The number of methoxy groups -OCH3 is 1. The van der Waals surface area contributed by atoms with Crippen LogP contribution in [0.1, 0.15) is 43.0 Å². The number of benzene rings is 1. The van der Waals surface area contributed by atoms with Crippen LogP contribution >= 0.6 is 0 Å². The van der Waals surface area contributed by atoms with Gasteiger partial charge in [-0.2, -0.15) is 0 Å². The summed E-state index contributed by atoms with van der Waals surface area (Å²) >= 11 is 0. The highest BCUT2D eigenvalue weighted by atomic mass is 19.1. The van der Waals surface area contributed by atoms with E-state index in [1.54, 1.807) is 7.11 Å². The maximum absolute atomic E-state index is 14.2. The summed E-state index contributed by atoms with van der Waals surface area (Å²) in [6.07, 6.45) is 0.727. The van der Waals surface area contributed by atoms with Crippen molar-refractivity contribution in [3.05, 3.63) is 34.6 Å². The molecule has 1 aromatic carbocycles. The first-order valence-electron chi connectivity index (χ1n) is 6.17. The second-order valence-electron chi connectivity index (χ2n) is 4.95. The van der Waals surface area contributed by atoms with Crippen LogP contribution in [-0.2, 0) is 4.74 Å². The van der Waals surface area contributed by atoms with Gasteiger partial charge in [0.15, 0.2) is 0 Å². The number of nitrogens with one attached hydrogen (secondary N) is 1. The van der Waals surface area contributed by atoms with Gasteiger partial charge in [-0.15, -0.1) is 0 Å². The molecule has 102 valence electrons. The van der Waals surface area contributed by atoms with Crippen LogP contribution in [0.15, 0.2) is 12.1 Å². The zero-order valence-electron chi connectivity index (χ0n) is 11.8. The molecule has 2 unspecified atom stereocenters. The Kier molecular flexibility index (Phi) is 4.85. The summed E-state index contributed by atoms with van der Waals surface area (Å²) in [4.78, 5) is 0. The Morgan fingerprint density at radius 1 is 1.44 bits per heavy atom. The third-order valence-electron chi connectivity index (χ3n) is 3.72. The molecule has 0 saturated heterocycles. The molecular weight excluding hydrogens is 231 g/mol. The van der Waals surface area contributed by atoms with E-state index >= 15 is 0 Å². The fourth-order valence-electron chi connectivity index (χ4n) is 2.32. The molecule has 1 rings (SSSR count). The van der Waals surface area contributed by atoms with E-state index < -0.39 is 5.60 Å². The maximum atomic E-state index is 14.2. The standard InChI is InChI=1S/C14H23FN2O/c1-6-14(4,18-5)13(17-16)12-10(3)7-9(2)8-11(12)15/h7-8,13,17H,6,16H2,1-5H3. The molecular formula is C14H23FN2O. The molecule has 0 saturated carbocycles. The lowest BCUT2D eigenvalue weighted by atomic mass is 9.85. The van der Waals surface area contributed by atoms with Gasteiger partial charge in [-0.3, -0.25) is 5.84 Å². The monoisotopic (exact) mass is 254 g/mol. The molecule has 3 nitrogen and oxygen atoms in total. The molecule has 2 atom stereocenters. The molecule has 4 heteroatoms. The van der Waals surface area contributed by atoms with Crippen LogP contribution in [-0.4, -0.2) is 12.7 Å². The Balaban J connectivity index is 3.33. The van der Waals surface area contributed by atoms with Crippen molar-refractivity contribution in [3.8, 4) is 0 Å². The average molecular weight is 254 g/mol. The van der Waals surface area contributed by atoms with Crippen LogP contribution in [0.4, 0.5) is 4.39 Å². The summed E-state index contributed by atoms with van der Waals surface area (Å²) in [6, 6.07) is 3.10. The lowest BCUT2D eigenvalue weighted by molar-refractivity contribution is -0.0311. The Morgan fingerprint density at radius 2 is 2.06 bits per heavy atom. The summed E-state index contributed by atoms with van der Waals surface area (Å²) in [7, 11) is 1.62. The summed E-state index contributed by atoms with van der Waals surface area (Å²) in [5.74, 6) is 5.38. The molecule has 0 aliphatic heterocycles. The van der Waals surface area contributed by atoms with Crippen LogP contribution in [0.3, 0.4) is 0 Å². The maximum Gasteiger partial charge on any atom is 0.128 e. The normalized spacial score (nSPS) is 16.4. The van der Waals surface area contributed by atoms with Gasteiger partial charge in [-0.1, -0.05) is 13.0 Å². The molecule has 0 fully saturated rings. The summed E-state index contributed by atoms with van der Waals surface area (Å²) in [5, 5.41) is 0. The van der Waals surface area contributed by atoms with Crippen molar-refractivity contribution in [1.82, 2.24) is 5.43 Å². The summed E-state index contributed by atoms with van der Waals surface area (Å²) in [6.45, 7) is 7.69. The molecule has 0 heterocycles. The van der Waals surface area contributed by atoms with Crippen molar-refractivity contribution in [2.24, 2.45) is 5.84 Å².